The smallest absolute Gasteiger partial charge is 0.358 e. The Balaban J connectivity index is 2.10. The first kappa shape index (κ1) is 11.9. The predicted octanol–water partition coefficient (Wildman–Crippen LogP) is 2.74. The minimum atomic E-state index is -1.04. The molecule has 92 valence electrons. The van der Waals surface area contributed by atoms with Crippen LogP contribution in [0.4, 0.5) is 0 Å². The average Bonchev–Trinajstić information content (AvgIpc) is 2.29. The quantitative estimate of drug-likeness (QED) is 0.875. The van der Waals surface area contributed by atoms with Gasteiger partial charge in [-0.1, -0.05) is 13.3 Å². The topological polar surface area (TPSA) is 59.4 Å². The molecule has 2 unspecified atom stereocenters. The van der Waals surface area contributed by atoms with Crippen molar-refractivity contribution < 1.29 is 14.6 Å². The van der Waals surface area contributed by atoms with E-state index in [-0.39, 0.29) is 11.8 Å². The van der Waals surface area contributed by atoms with E-state index < -0.39 is 5.97 Å². The highest BCUT2D eigenvalue weighted by atomic mass is 16.5. The van der Waals surface area contributed by atoms with Crippen molar-refractivity contribution in [2.45, 2.75) is 38.7 Å². The number of ether oxygens (including phenoxy) is 1. The molecule has 1 aliphatic rings. The van der Waals surface area contributed by atoms with Crippen LogP contribution in [0.15, 0.2) is 18.3 Å². The molecule has 0 amide bonds. The molecule has 1 saturated carbocycles. The molecule has 0 saturated heterocycles. The number of hydrogen-bond donors (Lipinski definition) is 1. The van der Waals surface area contributed by atoms with E-state index >= 15 is 0 Å². The fraction of sp³-hybridized carbons (Fsp3) is 0.538. The Hall–Kier alpha value is -1.58. The van der Waals surface area contributed by atoms with E-state index in [4.69, 9.17) is 9.84 Å². The van der Waals surface area contributed by atoms with Gasteiger partial charge in [-0.3, -0.25) is 0 Å². The van der Waals surface area contributed by atoms with Gasteiger partial charge in [-0.15, -0.1) is 0 Å². The first-order valence-electron chi connectivity index (χ1n) is 6.02. The van der Waals surface area contributed by atoms with E-state index in [2.05, 4.69) is 11.9 Å². The lowest BCUT2D eigenvalue weighted by Crippen LogP contribution is -2.25. The van der Waals surface area contributed by atoms with Crippen LogP contribution in [-0.2, 0) is 0 Å². The summed E-state index contributed by atoms with van der Waals surface area (Å²) < 4.78 is 5.77. The van der Waals surface area contributed by atoms with Gasteiger partial charge in [0.1, 0.15) is 0 Å². The van der Waals surface area contributed by atoms with Gasteiger partial charge in [-0.2, -0.15) is 0 Å². The highest BCUT2D eigenvalue weighted by molar-refractivity contribution is 5.88. The van der Waals surface area contributed by atoms with E-state index in [1.165, 1.54) is 12.6 Å². The van der Waals surface area contributed by atoms with Gasteiger partial charge in [0, 0.05) is 6.20 Å². The molecule has 0 aliphatic heterocycles. The summed E-state index contributed by atoms with van der Waals surface area (Å²) in [6.45, 7) is 2.21. The Morgan fingerprint density at radius 2 is 2.35 bits per heavy atom. The Labute approximate surface area is 101 Å². The average molecular weight is 235 g/mol. The molecule has 4 nitrogen and oxygen atoms in total. The lowest BCUT2D eigenvalue weighted by Gasteiger charge is -2.27. The number of carbonyl (C=O) groups is 1. The second kappa shape index (κ2) is 5.17. The number of carboxylic acid groups (broad SMARTS) is 1. The van der Waals surface area contributed by atoms with E-state index in [0.29, 0.717) is 11.7 Å². The third-order valence-electron chi connectivity index (χ3n) is 3.16. The van der Waals surface area contributed by atoms with Crippen LogP contribution in [0.25, 0.3) is 0 Å². The Bertz CT molecular complexity index is 405. The molecule has 0 aromatic carbocycles. The molecule has 1 aromatic rings. The van der Waals surface area contributed by atoms with E-state index in [1.54, 1.807) is 12.1 Å². The van der Waals surface area contributed by atoms with Gasteiger partial charge >= 0.3 is 5.97 Å². The monoisotopic (exact) mass is 235 g/mol. The van der Waals surface area contributed by atoms with E-state index in [0.717, 1.165) is 19.3 Å². The number of nitrogens with zero attached hydrogens (tertiary/aromatic N) is 1. The Kier molecular flexibility index (Phi) is 3.61. The number of hydrogen-bond acceptors (Lipinski definition) is 3. The van der Waals surface area contributed by atoms with Crippen LogP contribution in [0.2, 0.25) is 0 Å². The van der Waals surface area contributed by atoms with Crippen molar-refractivity contribution in [3.63, 3.8) is 0 Å². The van der Waals surface area contributed by atoms with Gasteiger partial charge in [0.2, 0.25) is 0 Å². The number of aromatic nitrogens is 1. The molecule has 0 radical (unpaired) electrons. The Morgan fingerprint density at radius 1 is 1.53 bits per heavy atom. The number of aromatic carboxylic acids is 1. The van der Waals surface area contributed by atoms with Crippen molar-refractivity contribution in [2.75, 3.05) is 0 Å². The fourth-order valence-corrected chi connectivity index (χ4v) is 2.31. The van der Waals surface area contributed by atoms with E-state index in [1.807, 2.05) is 0 Å². The molecule has 4 heteroatoms. The largest absolute Gasteiger partial charge is 0.488 e. The molecular weight excluding hydrogens is 218 g/mol. The van der Waals surface area contributed by atoms with E-state index in [9.17, 15) is 4.79 Å². The maximum Gasteiger partial charge on any atom is 0.358 e. The van der Waals surface area contributed by atoms with Crippen LogP contribution in [0.3, 0.4) is 0 Å². The summed E-state index contributed by atoms with van der Waals surface area (Å²) in [7, 11) is 0. The van der Waals surface area contributed by atoms with Crippen LogP contribution in [0, 0.1) is 5.92 Å². The normalized spacial score (nSPS) is 24.3. The number of pyridine rings is 1. The molecule has 0 spiro atoms. The van der Waals surface area contributed by atoms with Gasteiger partial charge in [0.05, 0.1) is 6.10 Å². The summed E-state index contributed by atoms with van der Waals surface area (Å²) in [6, 6.07) is 3.38. The standard InChI is InChI=1S/C13H17NO3/c1-9-4-2-5-10(8-9)17-11-6-3-7-14-12(11)13(15)16/h3,6-7,9-10H,2,4-5,8H2,1H3,(H,15,16). The zero-order chi connectivity index (χ0) is 12.3. The van der Waals surface area contributed by atoms with Crippen molar-refractivity contribution in [2.24, 2.45) is 5.92 Å². The molecular formula is C13H17NO3. The molecule has 2 rings (SSSR count). The second-order valence-electron chi connectivity index (χ2n) is 4.67. The van der Waals surface area contributed by atoms with Crippen molar-refractivity contribution in [1.29, 1.82) is 0 Å². The first-order chi connectivity index (χ1) is 8.16. The van der Waals surface area contributed by atoms with Crippen LogP contribution in [0.1, 0.15) is 43.1 Å². The van der Waals surface area contributed by atoms with Crippen LogP contribution < -0.4 is 4.74 Å². The van der Waals surface area contributed by atoms with Gasteiger partial charge in [-0.25, -0.2) is 9.78 Å². The summed E-state index contributed by atoms with van der Waals surface area (Å²) in [4.78, 5) is 14.8. The maximum atomic E-state index is 11.0. The summed E-state index contributed by atoms with van der Waals surface area (Å²) in [5, 5.41) is 9.00. The van der Waals surface area contributed by atoms with Crippen LogP contribution >= 0.6 is 0 Å². The fourth-order valence-electron chi connectivity index (χ4n) is 2.31. The predicted molar refractivity (Wildman–Crippen MR) is 63.2 cm³/mol. The molecule has 1 N–H and O–H groups in total. The molecule has 1 aromatic heterocycles. The molecule has 1 heterocycles. The highest BCUT2D eigenvalue weighted by Crippen LogP contribution is 2.28. The second-order valence-corrected chi connectivity index (χ2v) is 4.67. The zero-order valence-electron chi connectivity index (χ0n) is 9.93. The lowest BCUT2D eigenvalue weighted by molar-refractivity contribution is 0.0675. The van der Waals surface area contributed by atoms with Crippen LogP contribution in [0.5, 0.6) is 5.75 Å². The third-order valence-corrected chi connectivity index (χ3v) is 3.16. The maximum absolute atomic E-state index is 11.0. The molecule has 2 atom stereocenters. The SMILES string of the molecule is CC1CCCC(Oc2cccnc2C(=O)O)C1. The molecule has 17 heavy (non-hydrogen) atoms. The lowest BCUT2D eigenvalue weighted by atomic mass is 9.89. The minimum Gasteiger partial charge on any atom is -0.488 e. The van der Waals surface area contributed by atoms with Gasteiger partial charge in [0.15, 0.2) is 11.4 Å². The van der Waals surface area contributed by atoms with Crippen LogP contribution in [-0.4, -0.2) is 22.2 Å². The van der Waals surface area contributed by atoms with Crippen molar-refractivity contribution in [1.82, 2.24) is 4.98 Å². The summed E-state index contributed by atoms with van der Waals surface area (Å²) in [5.74, 6) is 0.00209. The summed E-state index contributed by atoms with van der Waals surface area (Å²) >= 11 is 0. The first-order valence-corrected chi connectivity index (χ1v) is 6.02. The Morgan fingerprint density at radius 3 is 3.06 bits per heavy atom. The molecule has 1 fully saturated rings. The summed E-state index contributed by atoms with van der Waals surface area (Å²) in [6.07, 6.45) is 5.97. The minimum absolute atomic E-state index is 0.00530. The van der Waals surface area contributed by atoms with Gasteiger partial charge < -0.3 is 9.84 Å². The summed E-state index contributed by atoms with van der Waals surface area (Å²) in [5.41, 5.74) is 0.00530. The number of rotatable bonds is 3. The zero-order valence-corrected chi connectivity index (χ0v) is 9.93. The third kappa shape index (κ3) is 2.96. The van der Waals surface area contributed by atoms with Crippen molar-refractivity contribution in [3.8, 4) is 5.75 Å². The van der Waals surface area contributed by atoms with Crippen molar-refractivity contribution in [3.05, 3.63) is 24.0 Å². The number of carboxylic acids is 1. The van der Waals surface area contributed by atoms with Gasteiger partial charge in [-0.05, 0) is 37.3 Å². The van der Waals surface area contributed by atoms with Crippen molar-refractivity contribution >= 4 is 5.97 Å². The highest BCUT2D eigenvalue weighted by Gasteiger charge is 2.22. The van der Waals surface area contributed by atoms with Gasteiger partial charge in [0.25, 0.3) is 0 Å². The molecule has 1 aliphatic carbocycles. The molecule has 0 bridgehead atoms.